The van der Waals surface area contributed by atoms with E-state index in [0.717, 1.165) is 61.8 Å². The van der Waals surface area contributed by atoms with E-state index >= 15 is 0 Å². The minimum atomic E-state index is -0.0195. The monoisotopic (exact) mass is 342 g/mol. The fourth-order valence-electron chi connectivity index (χ4n) is 3.73. The van der Waals surface area contributed by atoms with Crippen LogP contribution in [0.15, 0.2) is 10.6 Å². The summed E-state index contributed by atoms with van der Waals surface area (Å²) in [5.74, 6) is 0.448. The second-order valence-corrected chi connectivity index (χ2v) is 7.48. The summed E-state index contributed by atoms with van der Waals surface area (Å²) >= 11 is 0. The van der Waals surface area contributed by atoms with Gasteiger partial charge in [0.1, 0.15) is 0 Å². The first-order chi connectivity index (χ1) is 12.2. The SMILES string of the molecule is CCCc1noc2nc(C3CC3)cc(C(=O)NC3CCNC(C)C3)c12. The quantitative estimate of drug-likeness (QED) is 0.873. The molecular formula is C19H26N4O2. The number of nitrogens with one attached hydrogen (secondary N) is 2. The Balaban J connectivity index is 1.67. The lowest BCUT2D eigenvalue weighted by molar-refractivity contribution is 0.0927. The number of piperidine rings is 1. The second-order valence-electron chi connectivity index (χ2n) is 7.48. The lowest BCUT2D eigenvalue weighted by Gasteiger charge is -2.28. The molecule has 1 amide bonds. The Bertz CT molecular complexity index is 781. The molecule has 1 aliphatic heterocycles. The first-order valence-electron chi connectivity index (χ1n) is 9.49. The van der Waals surface area contributed by atoms with Crippen molar-refractivity contribution >= 4 is 17.0 Å². The van der Waals surface area contributed by atoms with Crippen LogP contribution in [0, 0.1) is 0 Å². The summed E-state index contributed by atoms with van der Waals surface area (Å²) in [7, 11) is 0. The van der Waals surface area contributed by atoms with E-state index in [4.69, 9.17) is 4.52 Å². The number of aryl methyl sites for hydroxylation is 1. The largest absolute Gasteiger partial charge is 0.349 e. The van der Waals surface area contributed by atoms with Crippen molar-refractivity contribution in [2.75, 3.05) is 6.54 Å². The molecule has 0 aromatic carbocycles. The maximum absolute atomic E-state index is 13.1. The fraction of sp³-hybridized carbons (Fsp3) is 0.632. The summed E-state index contributed by atoms with van der Waals surface area (Å²) in [5, 5.41) is 11.6. The van der Waals surface area contributed by atoms with Gasteiger partial charge in [-0.1, -0.05) is 18.5 Å². The summed E-state index contributed by atoms with van der Waals surface area (Å²) in [5.41, 5.74) is 3.01. The predicted octanol–water partition coefficient (Wildman–Crippen LogP) is 2.92. The Morgan fingerprint density at radius 2 is 2.24 bits per heavy atom. The Hall–Kier alpha value is -1.95. The molecule has 2 unspecified atom stereocenters. The molecule has 1 saturated carbocycles. The second kappa shape index (κ2) is 6.75. The normalized spacial score (nSPS) is 23.8. The van der Waals surface area contributed by atoms with E-state index in [1.54, 1.807) is 0 Å². The first kappa shape index (κ1) is 16.5. The van der Waals surface area contributed by atoms with E-state index in [9.17, 15) is 4.79 Å². The number of carbonyl (C=O) groups excluding carboxylic acids is 1. The lowest BCUT2D eigenvalue weighted by Crippen LogP contribution is -2.46. The molecule has 1 aliphatic carbocycles. The zero-order chi connectivity index (χ0) is 17.4. The molecule has 25 heavy (non-hydrogen) atoms. The van der Waals surface area contributed by atoms with Crippen molar-refractivity contribution in [3.05, 3.63) is 23.0 Å². The number of nitrogens with zero attached hydrogens (tertiary/aromatic N) is 2. The molecule has 6 nitrogen and oxygen atoms in total. The number of pyridine rings is 1. The van der Waals surface area contributed by atoms with Gasteiger partial charge in [0.25, 0.3) is 11.6 Å². The molecule has 2 aromatic rings. The van der Waals surface area contributed by atoms with Gasteiger partial charge in [-0.2, -0.15) is 0 Å². The molecule has 2 aromatic heterocycles. The van der Waals surface area contributed by atoms with Crippen LogP contribution in [0.3, 0.4) is 0 Å². The maximum Gasteiger partial charge on any atom is 0.259 e. The standard InChI is InChI=1S/C19H26N4O2/c1-3-4-15-17-14(18(24)21-13-7-8-20-11(2)9-13)10-16(12-5-6-12)22-19(17)25-23-15/h10-13,20H,3-9H2,1-2H3,(H,21,24). The Morgan fingerprint density at radius 3 is 2.96 bits per heavy atom. The van der Waals surface area contributed by atoms with Crippen LogP contribution in [-0.2, 0) is 6.42 Å². The molecule has 0 bridgehead atoms. The van der Waals surface area contributed by atoms with E-state index in [-0.39, 0.29) is 11.9 Å². The van der Waals surface area contributed by atoms with Crippen LogP contribution in [0.25, 0.3) is 11.1 Å². The molecule has 0 spiro atoms. The highest BCUT2D eigenvalue weighted by atomic mass is 16.5. The number of rotatable bonds is 5. The van der Waals surface area contributed by atoms with Crippen LogP contribution >= 0.6 is 0 Å². The van der Waals surface area contributed by atoms with Crippen LogP contribution in [0.2, 0.25) is 0 Å². The van der Waals surface area contributed by atoms with E-state index in [1.807, 2.05) is 6.07 Å². The third-order valence-electron chi connectivity index (χ3n) is 5.22. The van der Waals surface area contributed by atoms with Crippen LogP contribution in [0.5, 0.6) is 0 Å². The molecule has 134 valence electrons. The van der Waals surface area contributed by atoms with Gasteiger partial charge in [-0.3, -0.25) is 4.79 Å². The molecule has 2 N–H and O–H groups in total. The van der Waals surface area contributed by atoms with E-state index in [1.165, 1.54) is 0 Å². The maximum atomic E-state index is 13.1. The van der Waals surface area contributed by atoms with Crippen molar-refractivity contribution in [2.24, 2.45) is 0 Å². The number of hydrogen-bond acceptors (Lipinski definition) is 5. The number of amides is 1. The number of hydrogen-bond donors (Lipinski definition) is 2. The smallest absolute Gasteiger partial charge is 0.259 e. The van der Waals surface area contributed by atoms with E-state index in [0.29, 0.717) is 23.2 Å². The van der Waals surface area contributed by atoms with Crippen molar-refractivity contribution in [3.8, 4) is 0 Å². The van der Waals surface area contributed by atoms with Gasteiger partial charge in [-0.05, 0) is 51.6 Å². The van der Waals surface area contributed by atoms with Gasteiger partial charge < -0.3 is 15.2 Å². The van der Waals surface area contributed by atoms with Crippen molar-refractivity contribution in [3.63, 3.8) is 0 Å². The van der Waals surface area contributed by atoms with Gasteiger partial charge in [0.05, 0.1) is 16.6 Å². The van der Waals surface area contributed by atoms with Gasteiger partial charge in [0, 0.05) is 23.7 Å². The predicted molar refractivity (Wildman–Crippen MR) is 95.7 cm³/mol. The number of carbonyl (C=O) groups is 1. The molecule has 3 heterocycles. The summed E-state index contributed by atoms with van der Waals surface area (Å²) < 4.78 is 5.47. The summed E-state index contributed by atoms with van der Waals surface area (Å²) in [6, 6.07) is 2.62. The van der Waals surface area contributed by atoms with Crippen LogP contribution < -0.4 is 10.6 Å². The van der Waals surface area contributed by atoms with E-state index in [2.05, 4.69) is 34.6 Å². The molecule has 0 radical (unpaired) electrons. The van der Waals surface area contributed by atoms with Gasteiger partial charge in [-0.15, -0.1) is 0 Å². The first-order valence-corrected chi connectivity index (χ1v) is 9.49. The number of fused-ring (bicyclic) bond motifs is 1. The summed E-state index contributed by atoms with van der Waals surface area (Å²) in [6.07, 6.45) is 5.95. The minimum absolute atomic E-state index is 0.0195. The lowest BCUT2D eigenvalue weighted by atomic mass is 9.99. The van der Waals surface area contributed by atoms with Gasteiger partial charge in [0.2, 0.25) is 0 Å². The average molecular weight is 342 g/mol. The third-order valence-corrected chi connectivity index (χ3v) is 5.22. The van der Waals surface area contributed by atoms with Gasteiger partial charge in [0.15, 0.2) is 0 Å². The van der Waals surface area contributed by atoms with Crippen LogP contribution in [0.1, 0.15) is 73.6 Å². The topological polar surface area (TPSA) is 80.0 Å². The molecular weight excluding hydrogens is 316 g/mol. The third kappa shape index (κ3) is 3.40. The highest BCUT2D eigenvalue weighted by molar-refractivity contribution is 6.06. The van der Waals surface area contributed by atoms with Crippen LogP contribution in [-0.4, -0.2) is 34.7 Å². The molecule has 6 heteroatoms. The fourth-order valence-corrected chi connectivity index (χ4v) is 3.73. The van der Waals surface area contributed by atoms with Gasteiger partial charge in [-0.25, -0.2) is 4.98 Å². The van der Waals surface area contributed by atoms with Crippen LogP contribution in [0.4, 0.5) is 0 Å². The Kier molecular flexibility index (Phi) is 4.46. The van der Waals surface area contributed by atoms with Crippen molar-refractivity contribution in [1.29, 1.82) is 0 Å². The van der Waals surface area contributed by atoms with Gasteiger partial charge >= 0.3 is 0 Å². The van der Waals surface area contributed by atoms with Crippen molar-refractivity contribution < 1.29 is 9.32 Å². The molecule has 1 saturated heterocycles. The Morgan fingerprint density at radius 1 is 1.40 bits per heavy atom. The minimum Gasteiger partial charge on any atom is -0.349 e. The highest BCUT2D eigenvalue weighted by Gasteiger charge is 2.30. The Labute approximate surface area is 147 Å². The molecule has 4 rings (SSSR count). The van der Waals surface area contributed by atoms with Crippen molar-refractivity contribution in [1.82, 2.24) is 20.8 Å². The summed E-state index contributed by atoms with van der Waals surface area (Å²) in [6.45, 7) is 5.20. The highest BCUT2D eigenvalue weighted by Crippen LogP contribution is 2.40. The molecule has 2 aliphatic rings. The zero-order valence-corrected chi connectivity index (χ0v) is 15.0. The molecule has 2 atom stereocenters. The number of aromatic nitrogens is 2. The van der Waals surface area contributed by atoms with Crippen molar-refractivity contribution in [2.45, 2.75) is 70.4 Å². The summed E-state index contributed by atoms with van der Waals surface area (Å²) in [4.78, 5) is 17.7. The average Bonchev–Trinajstić information content (AvgIpc) is 3.37. The molecule has 2 fully saturated rings. The zero-order valence-electron chi connectivity index (χ0n) is 15.0. The van der Waals surface area contributed by atoms with E-state index < -0.39 is 0 Å².